The lowest BCUT2D eigenvalue weighted by Gasteiger charge is -2.30. The topological polar surface area (TPSA) is 82.0 Å². The number of carbonyl (C=O) groups is 1. The smallest absolute Gasteiger partial charge is 0.416 e. The molecule has 14 heteroatoms. The molecule has 1 N–H and O–H groups in total. The number of aliphatic hydroxyl groups is 1. The van der Waals surface area contributed by atoms with E-state index in [0.717, 1.165) is 0 Å². The van der Waals surface area contributed by atoms with Crippen LogP contribution in [0.15, 0.2) is 30.6 Å². The van der Waals surface area contributed by atoms with E-state index in [0.29, 0.717) is 50.2 Å². The predicted molar refractivity (Wildman–Crippen MR) is 138 cm³/mol. The maximum atomic E-state index is 13.6. The van der Waals surface area contributed by atoms with Crippen LogP contribution in [-0.2, 0) is 23.6 Å². The number of carbonyl (C=O) groups excluding carboxylic acids is 1. The Labute approximate surface area is 233 Å². The number of hydrogen-bond acceptors (Lipinski definition) is 7. The minimum Gasteiger partial charge on any atom is -0.447 e. The molecular weight excluding hydrogens is 556 g/mol. The molecule has 3 atom stereocenters. The van der Waals surface area contributed by atoms with Gasteiger partial charge in [-0.1, -0.05) is 6.92 Å². The lowest BCUT2D eigenvalue weighted by atomic mass is 10.0. The van der Waals surface area contributed by atoms with Crippen LogP contribution in [0.1, 0.15) is 56.7 Å². The molecule has 0 saturated carbocycles. The molecule has 2 aromatic rings. The number of anilines is 2. The number of ether oxygens (including phenoxy) is 1. The van der Waals surface area contributed by atoms with E-state index in [1.165, 1.54) is 17.3 Å². The second kappa shape index (κ2) is 11.9. The fourth-order valence-electron chi connectivity index (χ4n) is 5.27. The Morgan fingerprint density at radius 3 is 2.17 bits per heavy atom. The standard InChI is InChI=1S/C27H33F6N5O3/c1-4-20-10-21(14-38(20)25(40)41-16(2)3)37(24-34-11-22(12-35-24)36-6-5-23(39)15-36)13-17-7-18(26(28,29)30)9-19(8-17)27(31,32)33/h7-9,11-12,16,20-21,23,39H,4-6,10,13-15H2,1-3H3/t20-,21+,23?/m1/s1. The molecule has 1 aromatic carbocycles. The van der Waals surface area contributed by atoms with Gasteiger partial charge in [-0.25, -0.2) is 14.8 Å². The molecule has 1 unspecified atom stereocenters. The summed E-state index contributed by atoms with van der Waals surface area (Å²) in [7, 11) is 0. The Balaban J connectivity index is 1.71. The molecule has 0 aliphatic carbocycles. The third kappa shape index (κ3) is 7.32. The normalized spacial score (nSPS) is 21.6. The van der Waals surface area contributed by atoms with Crippen molar-refractivity contribution in [3.63, 3.8) is 0 Å². The SMILES string of the molecule is CC[C@@H]1C[C@H](N(Cc2cc(C(F)(F)F)cc(C(F)(F)F)c2)c2ncc(N3CCC(O)C3)cn2)CN1C(=O)OC(C)C. The van der Waals surface area contributed by atoms with Crippen molar-refractivity contribution in [1.29, 1.82) is 0 Å². The quantitative estimate of drug-likeness (QED) is 0.428. The fourth-order valence-corrected chi connectivity index (χ4v) is 5.27. The van der Waals surface area contributed by atoms with Gasteiger partial charge in [-0.2, -0.15) is 26.3 Å². The number of amides is 1. The summed E-state index contributed by atoms with van der Waals surface area (Å²) >= 11 is 0. The fraction of sp³-hybridized carbons (Fsp3) is 0.593. The van der Waals surface area contributed by atoms with Crippen LogP contribution in [-0.4, -0.2) is 70.0 Å². The van der Waals surface area contributed by atoms with Crippen molar-refractivity contribution >= 4 is 17.7 Å². The summed E-state index contributed by atoms with van der Waals surface area (Å²) < 4.78 is 86.8. The van der Waals surface area contributed by atoms with Crippen LogP contribution in [0.3, 0.4) is 0 Å². The minimum atomic E-state index is -4.99. The predicted octanol–water partition coefficient (Wildman–Crippen LogP) is 5.49. The molecule has 0 bridgehead atoms. The molecule has 1 aromatic heterocycles. The average Bonchev–Trinajstić information content (AvgIpc) is 3.52. The molecule has 0 radical (unpaired) electrons. The number of aliphatic hydroxyl groups excluding tert-OH is 1. The van der Waals surface area contributed by atoms with Gasteiger partial charge in [0.2, 0.25) is 5.95 Å². The average molecular weight is 590 g/mol. The molecule has 4 rings (SSSR count). The van der Waals surface area contributed by atoms with Gasteiger partial charge in [0.05, 0.1) is 47.5 Å². The van der Waals surface area contributed by atoms with Gasteiger partial charge in [-0.3, -0.25) is 0 Å². The van der Waals surface area contributed by atoms with E-state index in [4.69, 9.17) is 4.74 Å². The molecule has 2 aliphatic rings. The molecule has 1 amide bonds. The summed E-state index contributed by atoms with van der Waals surface area (Å²) in [6.45, 7) is 6.04. The Hall–Kier alpha value is -3.29. The van der Waals surface area contributed by atoms with E-state index in [9.17, 15) is 36.2 Å². The van der Waals surface area contributed by atoms with Gasteiger partial charge in [-0.05, 0) is 56.9 Å². The Bertz CT molecular complexity index is 1180. The zero-order chi connectivity index (χ0) is 30.1. The first kappa shape index (κ1) is 30.7. The number of nitrogens with zero attached hydrogens (tertiary/aromatic N) is 5. The highest BCUT2D eigenvalue weighted by molar-refractivity contribution is 5.69. The highest BCUT2D eigenvalue weighted by Gasteiger charge is 2.41. The number of β-amino-alcohol motifs (C(OH)–C–C–N with tert-alkyl or cyclic N) is 1. The zero-order valence-electron chi connectivity index (χ0n) is 22.9. The third-order valence-electron chi connectivity index (χ3n) is 7.29. The molecule has 226 valence electrons. The number of hydrogen-bond donors (Lipinski definition) is 1. The number of halogens is 6. The molecule has 2 saturated heterocycles. The maximum absolute atomic E-state index is 13.6. The molecule has 41 heavy (non-hydrogen) atoms. The van der Waals surface area contributed by atoms with Crippen LogP contribution in [0.5, 0.6) is 0 Å². The number of alkyl halides is 6. The van der Waals surface area contributed by atoms with Crippen LogP contribution in [0.4, 0.5) is 42.8 Å². The van der Waals surface area contributed by atoms with Crippen molar-refractivity contribution in [2.45, 2.75) is 83.2 Å². The van der Waals surface area contributed by atoms with Crippen molar-refractivity contribution in [1.82, 2.24) is 14.9 Å². The summed E-state index contributed by atoms with van der Waals surface area (Å²) in [6.07, 6.45) is -6.83. The third-order valence-corrected chi connectivity index (χ3v) is 7.29. The highest BCUT2D eigenvalue weighted by atomic mass is 19.4. The number of aromatic nitrogens is 2. The van der Waals surface area contributed by atoms with Crippen molar-refractivity contribution in [3.8, 4) is 0 Å². The van der Waals surface area contributed by atoms with Gasteiger partial charge in [0.15, 0.2) is 0 Å². The second-order valence-electron chi connectivity index (χ2n) is 10.7. The summed E-state index contributed by atoms with van der Waals surface area (Å²) in [5.41, 5.74) is -2.42. The Morgan fingerprint density at radius 1 is 1.07 bits per heavy atom. The van der Waals surface area contributed by atoms with E-state index in [1.807, 2.05) is 11.8 Å². The Kier molecular flexibility index (Phi) is 8.90. The Morgan fingerprint density at radius 2 is 1.68 bits per heavy atom. The van der Waals surface area contributed by atoms with Crippen LogP contribution in [0.25, 0.3) is 0 Å². The molecule has 0 spiro atoms. The van der Waals surface area contributed by atoms with E-state index >= 15 is 0 Å². The zero-order valence-corrected chi connectivity index (χ0v) is 22.9. The van der Waals surface area contributed by atoms with Gasteiger partial charge < -0.3 is 24.5 Å². The van der Waals surface area contributed by atoms with Gasteiger partial charge in [-0.15, -0.1) is 0 Å². The summed E-state index contributed by atoms with van der Waals surface area (Å²) in [5, 5.41) is 9.85. The van der Waals surface area contributed by atoms with E-state index in [-0.39, 0.29) is 42.8 Å². The highest BCUT2D eigenvalue weighted by Crippen LogP contribution is 2.37. The van der Waals surface area contributed by atoms with Crippen LogP contribution in [0.2, 0.25) is 0 Å². The van der Waals surface area contributed by atoms with Gasteiger partial charge >= 0.3 is 18.4 Å². The van der Waals surface area contributed by atoms with Crippen LogP contribution in [0, 0.1) is 0 Å². The van der Waals surface area contributed by atoms with Crippen LogP contribution < -0.4 is 9.80 Å². The van der Waals surface area contributed by atoms with Gasteiger partial charge in [0.25, 0.3) is 0 Å². The van der Waals surface area contributed by atoms with E-state index in [2.05, 4.69) is 9.97 Å². The first-order chi connectivity index (χ1) is 19.2. The van der Waals surface area contributed by atoms with Crippen molar-refractivity contribution in [3.05, 3.63) is 47.3 Å². The van der Waals surface area contributed by atoms with Crippen LogP contribution >= 0.6 is 0 Å². The minimum absolute atomic E-state index is 0.0932. The lowest BCUT2D eigenvalue weighted by Crippen LogP contribution is -2.41. The molecular formula is C27H33F6N5O3. The van der Waals surface area contributed by atoms with Gasteiger partial charge in [0.1, 0.15) is 0 Å². The molecule has 8 nitrogen and oxygen atoms in total. The first-order valence-electron chi connectivity index (χ1n) is 13.4. The van der Waals surface area contributed by atoms with Gasteiger partial charge in [0, 0.05) is 32.2 Å². The maximum Gasteiger partial charge on any atom is 0.416 e. The number of benzene rings is 1. The van der Waals surface area contributed by atoms with Crippen molar-refractivity contribution in [2.75, 3.05) is 29.4 Å². The number of likely N-dealkylation sites (tertiary alicyclic amines) is 1. The molecule has 2 fully saturated rings. The lowest BCUT2D eigenvalue weighted by molar-refractivity contribution is -0.143. The first-order valence-corrected chi connectivity index (χ1v) is 13.4. The molecule has 3 heterocycles. The monoisotopic (exact) mass is 589 g/mol. The summed E-state index contributed by atoms with van der Waals surface area (Å²) in [6, 6.07) is 0.712. The summed E-state index contributed by atoms with van der Waals surface area (Å²) in [4.78, 5) is 26.6. The number of rotatable bonds is 7. The van der Waals surface area contributed by atoms with Crippen molar-refractivity contribution in [2.24, 2.45) is 0 Å². The van der Waals surface area contributed by atoms with Crippen molar-refractivity contribution < 1.29 is 41.0 Å². The second-order valence-corrected chi connectivity index (χ2v) is 10.7. The largest absolute Gasteiger partial charge is 0.447 e. The van der Waals surface area contributed by atoms with E-state index in [1.54, 1.807) is 18.7 Å². The molecule has 2 aliphatic heterocycles. The summed E-state index contributed by atoms with van der Waals surface area (Å²) in [5.74, 6) is 0.0957. The van der Waals surface area contributed by atoms with E-state index < -0.39 is 41.7 Å².